The van der Waals surface area contributed by atoms with Gasteiger partial charge in [-0.25, -0.2) is 13.1 Å². The minimum absolute atomic E-state index is 0.0538. The molecule has 6 heteroatoms. The third-order valence-electron chi connectivity index (χ3n) is 2.44. The molecule has 1 aliphatic carbocycles. The Bertz CT molecular complexity index is 274. The minimum Gasteiger partial charge on any atom is -0.391 e. The molecule has 1 atom stereocenters. The van der Waals surface area contributed by atoms with Crippen LogP contribution in [0, 0.1) is 5.92 Å². The predicted octanol–water partition coefficient (Wildman–Crippen LogP) is -0.287. The third kappa shape index (κ3) is 5.46. The SMILES string of the molecule is COCCCS(=O)(=O)NCC(O)C1CC1. The van der Waals surface area contributed by atoms with E-state index in [0.717, 1.165) is 12.8 Å². The zero-order chi connectivity index (χ0) is 11.3. The monoisotopic (exact) mass is 237 g/mol. The lowest BCUT2D eigenvalue weighted by Gasteiger charge is -2.10. The molecule has 1 fully saturated rings. The van der Waals surface area contributed by atoms with Crippen LogP contribution in [0.1, 0.15) is 19.3 Å². The van der Waals surface area contributed by atoms with Crippen molar-refractivity contribution in [2.24, 2.45) is 5.92 Å². The highest BCUT2D eigenvalue weighted by Gasteiger charge is 2.30. The van der Waals surface area contributed by atoms with E-state index in [9.17, 15) is 13.5 Å². The van der Waals surface area contributed by atoms with Gasteiger partial charge in [0.05, 0.1) is 11.9 Å². The fourth-order valence-corrected chi connectivity index (χ4v) is 2.39. The van der Waals surface area contributed by atoms with Gasteiger partial charge in [0.1, 0.15) is 0 Å². The first kappa shape index (κ1) is 12.9. The average Bonchev–Trinajstić information content (AvgIpc) is 2.98. The molecule has 1 aliphatic rings. The van der Waals surface area contributed by atoms with Crippen LogP contribution >= 0.6 is 0 Å². The quantitative estimate of drug-likeness (QED) is 0.569. The van der Waals surface area contributed by atoms with Crippen LogP contribution in [-0.2, 0) is 14.8 Å². The molecule has 2 N–H and O–H groups in total. The van der Waals surface area contributed by atoms with Gasteiger partial charge in [0.25, 0.3) is 0 Å². The van der Waals surface area contributed by atoms with E-state index in [1.807, 2.05) is 0 Å². The summed E-state index contributed by atoms with van der Waals surface area (Å²) in [5.74, 6) is 0.352. The zero-order valence-corrected chi connectivity index (χ0v) is 9.79. The van der Waals surface area contributed by atoms with E-state index in [0.29, 0.717) is 18.9 Å². The lowest BCUT2D eigenvalue weighted by Crippen LogP contribution is -2.34. The number of hydrogen-bond donors (Lipinski definition) is 2. The number of rotatable bonds is 8. The Hall–Kier alpha value is -0.170. The van der Waals surface area contributed by atoms with Gasteiger partial charge in [0.15, 0.2) is 0 Å². The van der Waals surface area contributed by atoms with Crippen LogP contribution in [-0.4, -0.2) is 45.6 Å². The lowest BCUT2D eigenvalue weighted by molar-refractivity contribution is 0.155. The van der Waals surface area contributed by atoms with E-state index < -0.39 is 16.1 Å². The highest BCUT2D eigenvalue weighted by molar-refractivity contribution is 7.89. The van der Waals surface area contributed by atoms with Crippen LogP contribution in [0.3, 0.4) is 0 Å². The largest absolute Gasteiger partial charge is 0.391 e. The van der Waals surface area contributed by atoms with Crippen molar-refractivity contribution in [3.05, 3.63) is 0 Å². The standard InChI is InChI=1S/C9H19NO4S/c1-14-5-2-6-15(12,13)10-7-9(11)8-3-4-8/h8-11H,2-7H2,1H3. The van der Waals surface area contributed by atoms with Crippen molar-refractivity contribution in [3.63, 3.8) is 0 Å². The van der Waals surface area contributed by atoms with E-state index in [1.54, 1.807) is 0 Å². The van der Waals surface area contributed by atoms with Crippen LogP contribution in [0.5, 0.6) is 0 Å². The van der Waals surface area contributed by atoms with Gasteiger partial charge in [-0.05, 0) is 25.2 Å². The maximum Gasteiger partial charge on any atom is 0.211 e. The fourth-order valence-electron chi connectivity index (χ4n) is 1.33. The van der Waals surface area contributed by atoms with Crippen molar-refractivity contribution in [2.75, 3.05) is 26.0 Å². The average molecular weight is 237 g/mol. The molecule has 5 nitrogen and oxygen atoms in total. The second-order valence-corrected chi connectivity index (χ2v) is 5.84. The Morgan fingerprint density at radius 1 is 1.53 bits per heavy atom. The molecule has 0 aromatic rings. The van der Waals surface area contributed by atoms with Crippen LogP contribution in [0.15, 0.2) is 0 Å². The minimum atomic E-state index is -3.24. The molecule has 1 unspecified atom stereocenters. The molecule has 0 bridgehead atoms. The van der Waals surface area contributed by atoms with Crippen molar-refractivity contribution < 1.29 is 18.3 Å². The topological polar surface area (TPSA) is 75.6 Å². The second kappa shape index (κ2) is 5.79. The van der Waals surface area contributed by atoms with Crippen LogP contribution in [0.4, 0.5) is 0 Å². The molecule has 0 aliphatic heterocycles. The van der Waals surface area contributed by atoms with Crippen molar-refractivity contribution >= 4 is 10.0 Å². The van der Waals surface area contributed by atoms with Gasteiger partial charge < -0.3 is 9.84 Å². The maximum atomic E-state index is 11.4. The molecule has 15 heavy (non-hydrogen) atoms. The number of sulfonamides is 1. The number of aliphatic hydroxyl groups is 1. The summed E-state index contributed by atoms with van der Waals surface area (Å²) >= 11 is 0. The molecule has 0 amide bonds. The number of ether oxygens (including phenoxy) is 1. The van der Waals surface area contributed by atoms with Crippen LogP contribution < -0.4 is 4.72 Å². The third-order valence-corrected chi connectivity index (χ3v) is 3.87. The molecule has 0 saturated heterocycles. The van der Waals surface area contributed by atoms with Crippen molar-refractivity contribution in [1.82, 2.24) is 4.72 Å². The van der Waals surface area contributed by atoms with E-state index in [-0.39, 0.29) is 12.3 Å². The number of aliphatic hydroxyl groups excluding tert-OH is 1. The summed E-state index contributed by atoms with van der Waals surface area (Å²) in [7, 11) is -1.71. The molecule has 0 heterocycles. The van der Waals surface area contributed by atoms with E-state index in [4.69, 9.17) is 4.74 Å². The Morgan fingerprint density at radius 2 is 2.20 bits per heavy atom. The summed E-state index contributed by atoms with van der Waals surface area (Å²) in [6.45, 7) is 0.575. The molecular weight excluding hydrogens is 218 g/mol. The smallest absolute Gasteiger partial charge is 0.211 e. The summed E-state index contributed by atoms with van der Waals surface area (Å²) in [5.41, 5.74) is 0. The predicted molar refractivity (Wildman–Crippen MR) is 57.0 cm³/mol. The first-order valence-corrected chi connectivity index (χ1v) is 6.85. The molecular formula is C9H19NO4S. The van der Waals surface area contributed by atoms with Gasteiger partial charge in [-0.3, -0.25) is 0 Å². The van der Waals surface area contributed by atoms with Gasteiger partial charge >= 0.3 is 0 Å². The Kier molecular flexibility index (Phi) is 4.98. The van der Waals surface area contributed by atoms with Gasteiger partial charge in [0.2, 0.25) is 10.0 Å². The molecule has 0 aromatic carbocycles. The van der Waals surface area contributed by atoms with Gasteiger partial charge in [-0.15, -0.1) is 0 Å². The summed E-state index contributed by atoms with van der Waals surface area (Å²) in [5, 5.41) is 9.47. The Balaban J connectivity index is 2.16. The molecule has 0 aromatic heterocycles. The van der Waals surface area contributed by atoms with Crippen LogP contribution in [0.25, 0.3) is 0 Å². The highest BCUT2D eigenvalue weighted by Crippen LogP contribution is 2.32. The number of hydrogen-bond acceptors (Lipinski definition) is 4. The number of methoxy groups -OCH3 is 1. The van der Waals surface area contributed by atoms with Crippen molar-refractivity contribution in [3.8, 4) is 0 Å². The lowest BCUT2D eigenvalue weighted by atomic mass is 10.2. The zero-order valence-electron chi connectivity index (χ0n) is 8.98. The first-order valence-electron chi connectivity index (χ1n) is 5.19. The molecule has 90 valence electrons. The van der Waals surface area contributed by atoms with Gasteiger partial charge in [-0.1, -0.05) is 0 Å². The van der Waals surface area contributed by atoms with Gasteiger partial charge in [0, 0.05) is 20.3 Å². The van der Waals surface area contributed by atoms with Crippen molar-refractivity contribution in [1.29, 1.82) is 0 Å². The summed E-state index contributed by atoms with van der Waals surface area (Å²) in [6, 6.07) is 0. The normalized spacial score (nSPS) is 19.1. The van der Waals surface area contributed by atoms with E-state index >= 15 is 0 Å². The van der Waals surface area contributed by atoms with Crippen LogP contribution in [0.2, 0.25) is 0 Å². The molecule has 1 saturated carbocycles. The highest BCUT2D eigenvalue weighted by atomic mass is 32.2. The molecule has 0 spiro atoms. The number of nitrogens with one attached hydrogen (secondary N) is 1. The fraction of sp³-hybridized carbons (Fsp3) is 1.00. The van der Waals surface area contributed by atoms with Gasteiger partial charge in [-0.2, -0.15) is 0 Å². The Morgan fingerprint density at radius 3 is 2.73 bits per heavy atom. The second-order valence-electron chi connectivity index (χ2n) is 3.92. The maximum absolute atomic E-state index is 11.4. The molecule has 1 rings (SSSR count). The van der Waals surface area contributed by atoms with Crippen molar-refractivity contribution in [2.45, 2.75) is 25.4 Å². The summed E-state index contributed by atoms with van der Waals surface area (Å²) in [4.78, 5) is 0. The van der Waals surface area contributed by atoms with E-state index in [2.05, 4.69) is 4.72 Å². The van der Waals surface area contributed by atoms with E-state index in [1.165, 1.54) is 7.11 Å². The molecule has 0 radical (unpaired) electrons. The first-order chi connectivity index (χ1) is 7.05. The summed E-state index contributed by atoms with van der Waals surface area (Å²) in [6.07, 6.45) is 1.96. The summed E-state index contributed by atoms with van der Waals surface area (Å²) < 4.78 is 29.9. The Labute approximate surface area is 90.9 Å².